The highest BCUT2D eigenvalue weighted by molar-refractivity contribution is 5.93. The Hall–Kier alpha value is -1.11. The summed E-state index contributed by atoms with van der Waals surface area (Å²) in [6.45, 7) is 4.32. The largest absolute Gasteiger partial charge is 0.258 e. The summed E-state index contributed by atoms with van der Waals surface area (Å²) in [4.78, 5) is 4.63. The quantitative estimate of drug-likeness (QED) is 0.568. The van der Waals surface area contributed by atoms with Crippen molar-refractivity contribution in [2.24, 2.45) is 10.9 Å². The zero-order valence-electron chi connectivity index (χ0n) is 8.04. The number of nitrogens with zero attached hydrogens (tertiary/aromatic N) is 1. The molecule has 0 radical (unpaired) electrons. The van der Waals surface area contributed by atoms with Crippen molar-refractivity contribution in [1.29, 1.82) is 0 Å². The van der Waals surface area contributed by atoms with Gasteiger partial charge in [-0.05, 0) is 37.8 Å². The number of benzene rings is 1. The lowest BCUT2D eigenvalue weighted by Gasteiger charge is -2.12. The van der Waals surface area contributed by atoms with Crippen LogP contribution >= 0.6 is 0 Å². The number of aryl methyl sites for hydroxylation is 1. The Bertz CT molecular complexity index is 404. The summed E-state index contributed by atoms with van der Waals surface area (Å²) in [5.41, 5.74) is 5.39. The summed E-state index contributed by atoms with van der Waals surface area (Å²) in [5.74, 6) is 1.57. The van der Waals surface area contributed by atoms with E-state index in [1.54, 1.807) is 0 Å². The molecule has 1 aliphatic heterocycles. The Balaban J connectivity index is 2.21. The Morgan fingerprint density at radius 2 is 2.08 bits per heavy atom. The minimum Gasteiger partial charge on any atom is -0.258 e. The maximum atomic E-state index is 4.63. The molecule has 1 aromatic rings. The van der Waals surface area contributed by atoms with E-state index in [1.165, 1.54) is 28.9 Å². The van der Waals surface area contributed by atoms with E-state index in [1.807, 2.05) is 0 Å². The van der Waals surface area contributed by atoms with Crippen LogP contribution in [0.5, 0.6) is 0 Å². The highest BCUT2D eigenvalue weighted by Gasteiger charge is 2.43. The van der Waals surface area contributed by atoms with E-state index in [0.717, 1.165) is 11.8 Å². The number of rotatable bonds is 0. The molecule has 1 saturated carbocycles. The van der Waals surface area contributed by atoms with E-state index in [4.69, 9.17) is 0 Å². The minimum atomic E-state index is 0.772. The molecule has 1 aliphatic carbocycles. The molecule has 0 N–H and O–H groups in total. The molecule has 13 heavy (non-hydrogen) atoms. The van der Waals surface area contributed by atoms with Gasteiger partial charge in [-0.1, -0.05) is 17.7 Å². The molecule has 0 aromatic heterocycles. The summed E-state index contributed by atoms with van der Waals surface area (Å²) in [5, 5.41) is 0. The molecule has 1 aromatic carbocycles. The maximum Gasteiger partial charge on any atom is 0.0664 e. The fraction of sp³-hybridized carbons (Fsp3) is 0.417. The second-order valence-corrected chi connectivity index (χ2v) is 4.26. The second-order valence-electron chi connectivity index (χ2n) is 4.26. The molecule has 0 spiro atoms. The number of aliphatic imine (C=N–C) groups is 1. The minimum absolute atomic E-state index is 0.772. The molecule has 66 valence electrons. The third-order valence-electron chi connectivity index (χ3n) is 3.21. The van der Waals surface area contributed by atoms with E-state index in [2.05, 4.69) is 37.0 Å². The first-order chi connectivity index (χ1) is 6.25. The topological polar surface area (TPSA) is 12.4 Å². The predicted molar refractivity (Wildman–Crippen MR) is 54.8 cm³/mol. The van der Waals surface area contributed by atoms with Gasteiger partial charge in [0.1, 0.15) is 0 Å². The molecule has 0 bridgehead atoms. The van der Waals surface area contributed by atoms with Gasteiger partial charge >= 0.3 is 0 Å². The molecule has 1 nitrogen and oxygen atoms in total. The van der Waals surface area contributed by atoms with Crippen molar-refractivity contribution >= 4 is 11.4 Å². The third-order valence-corrected chi connectivity index (χ3v) is 3.21. The number of hydrogen-bond acceptors (Lipinski definition) is 1. The molecule has 3 rings (SSSR count). The van der Waals surface area contributed by atoms with Crippen LogP contribution in [-0.4, -0.2) is 5.71 Å². The van der Waals surface area contributed by atoms with Crippen LogP contribution in [0.25, 0.3) is 0 Å². The van der Waals surface area contributed by atoms with E-state index < -0.39 is 0 Å². The zero-order chi connectivity index (χ0) is 9.00. The maximum absolute atomic E-state index is 4.63. The third kappa shape index (κ3) is 0.963. The molecule has 2 aliphatic rings. The van der Waals surface area contributed by atoms with Gasteiger partial charge in [-0.15, -0.1) is 0 Å². The standard InChI is InChI=1S/C12H13N/c1-7-3-4-12-11(5-7)10-6-9(10)8(2)13-12/h3-5,9-10H,6H2,1-2H3. The average Bonchev–Trinajstić information content (AvgIpc) is 2.86. The summed E-state index contributed by atoms with van der Waals surface area (Å²) >= 11 is 0. The van der Waals surface area contributed by atoms with Crippen molar-refractivity contribution < 1.29 is 0 Å². The lowest BCUT2D eigenvalue weighted by Crippen LogP contribution is -2.01. The van der Waals surface area contributed by atoms with Gasteiger partial charge in [-0.3, -0.25) is 4.99 Å². The van der Waals surface area contributed by atoms with Gasteiger partial charge in [0.05, 0.1) is 5.69 Å². The number of hydrogen-bond donors (Lipinski definition) is 0. The van der Waals surface area contributed by atoms with Crippen LogP contribution in [0.15, 0.2) is 23.2 Å². The number of fused-ring (bicyclic) bond motifs is 3. The van der Waals surface area contributed by atoms with Gasteiger partial charge in [0, 0.05) is 11.6 Å². The second kappa shape index (κ2) is 2.22. The van der Waals surface area contributed by atoms with Crippen molar-refractivity contribution in [2.45, 2.75) is 26.2 Å². The van der Waals surface area contributed by atoms with Crippen LogP contribution < -0.4 is 0 Å². The van der Waals surface area contributed by atoms with Gasteiger partial charge in [-0.25, -0.2) is 0 Å². The Morgan fingerprint density at radius 1 is 1.23 bits per heavy atom. The smallest absolute Gasteiger partial charge is 0.0664 e. The lowest BCUT2D eigenvalue weighted by molar-refractivity contribution is 1.01. The molecule has 1 heterocycles. The van der Waals surface area contributed by atoms with Crippen LogP contribution in [0.4, 0.5) is 5.69 Å². The van der Waals surface area contributed by atoms with E-state index in [-0.39, 0.29) is 0 Å². The molecule has 2 atom stereocenters. The van der Waals surface area contributed by atoms with Crippen LogP contribution in [0.3, 0.4) is 0 Å². The average molecular weight is 171 g/mol. The first kappa shape index (κ1) is 7.31. The molecular formula is C12H13N. The van der Waals surface area contributed by atoms with Crippen molar-refractivity contribution in [3.8, 4) is 0 Å². The van der Waals surface area contributed by atoms with Gasteiger partial charge in [0.2, 0.25) is 0 Å². The molecular weight excluding hydrogens is 158 g/mol. The van der Waals surface area contributed by atoms with Crippen molar-refractivity contribution in [3.05, 3.63) is 29.3 Å². The fourth-order valence-corrected chi connectivity index (χ4v) is 2.35. The summed E-state index contributed by atoms with van der Waals surface area (Å²) < 4.78 is 0. The van der Waals surface area contributed by atoms with Crippen LogP contribution in [-0.2, 0) is 0 Å². The Kier molecular flexibility index (Phi) is 1.25. The molecule has 1 heteroatoms. The van der Waals surface area contributed by atoms with Gasteiger partial charge in [0.15, 0.2) is 0 Å². The first-order valence-electron chi connectivity index (χ1n) is 4.91. The predicted octanol–water partition coefficient (Wildman–Crippen LogP) is 3.20. The van der Waals surface area contributed by atoms with Gasteiger partial charge < -0.3 is 0 Å². The van der Waals surface area contributed by atoms with Crippen LogP contribution in [0.2, 0.25) is 0 Å². The Labute approximate surface area is 78.5 Å². The van der Waals surface area contributed by atoms with E-state index in [0.29, 0.717) is 0 Å². The van der Waals surface area contributed by atoms with E-state index >= 15 is 0 Å². The van der Waals surface area contributed by atoms with Gasteiger partial charge in [-0.2, -0.15) is 0 Å². The van der Waals surface area contributed by atoms with Crippen molar-refractivity contribution in [2.75, 3.05) is 0 Å². The van der Waals surface area contributed by atoms with Crippen molar-refractivity contribution in [1.82, 2.24) is 0 Å². The summed E-state index contributed by atoms with van der Waals surface area (Å²) in [6, 6.07) is 6.61. The van der Waals surface area contributed by atoms with Crippen LogP contribution in [0, 0.1) is 12.8 Å². The monoisotopic (exact) mass is 171 g/mol. The summed E-state index contributed by atoms with van der Waals surface area (Å²) in [6.07, 6.45) is 1.33. The normalized spacial score (nSPS) is 28.9. The molecule has 0 saturated heterocycles. The van der Waals surface area contributed by atoms with E-state index in [9.17, 15) is 0 Å². The highest BCUT2D eigenvalue weighted by Crippen LogP contribution is 2.54. The van der Waals surface area contributed by atoms with Crippen molar-refractivity contribution in [3.63, 3.8) is 0 Å². The molecule has 2 unspecified atom stereocenters. The SMILES string of the molecule is CC1=Nc2ccc(C)cc2C2CC12. The Morgan fingerprint density at radius 3 is 2.92 bits per heavy atom. The fourth-order valence-electron chi connectivity index (χ4n) is 2.35. The first-order valence-corrected chi connectivity index (χ1v) is 4.91. The van der Waals surface area contributed by atoms with Gasteiger partial charge in [0.25, 0.3) is 0 Å². The summed E-state index contributed by atoms with van der Waals surface area (Å²) in [7, 11) is 0. The molecule has 0 amide bonds. The van der Waals surface area contributed by atoms with Crippen LogP contribution in [0.1, 0.15) is 30.4 Å². The zero-order valence-corrected chi connectivity index (χ0v) is 8.04. The molecule has 1 fully saturated rings. The lowest BCUT2D eigenvalue weighted by atomic mass is 10.0. The highest BCUT2D eigenvalue weighted by atomic mass is 14.8.